The van der Waals surface area contributed by atoms with E-state index in [0.717, 1.165) is 32.5 Å². The van der Waals surface area contributed by atoms with Gasteiger partial charge in [0.25, 0.3) is 0 Å². The average molecular weight is 256 g/mol. The number of rotatable bonds is 7. The molecular weight excluding hydrogens is 228 g/mol. The van der Waals surface area contributed by atoms with Crippen LogP contribution in [0.25, 0.3) is 0 Å². The van der Waals surface area contributed by atoms with Crippen molar-refractivity contribution in [3.63, 3.8) is 0 Å². The molecule has 0 radical (unpaired) electrons. The third-order valence-corrected chi connectivity index (χ3v) is 3.66. The van der Waals surface area contributed by atoms with Gasteiger partial charge < -0.3 is 15.3 Å². The van der Waals surface area contributed by atoms with E-state index in [1.807, 2.05) is 11.8 Å². The number of hydrogen-bond donors (Lipinski definition) is 2. The zero-order valence-electron chi connectivity index (χ0n) is 11.8. The smallest absolute Gasteiger partial charge is 0.222 e. The van der Waals surface area contributed by atoms with Gasteiger partial charge in [0, 0.05) is 32.2 Å². The summed E-state index contributed by atoms with van der Waals surface area (Å²) >= 11 is 0. The number of nitrogens with one attached hydrogen (secondary N) is 1. The molecule has 1 aliphatic heterocycles. The monoisotopic (exact) mass is 256 g/mol. The van der Waals surface area contributed by atoms with Gasteiger partial charge in [-0.25, -0.2) is 0 Å². The Morgan fingerprint density at radius 1 is 1.39 bits per heavy atom. The van der Waals surface area contributed by atoms with E-state index in [2.05, 4.69) is 12.2 Å². The molecule has 106 valence electrons. The quantitative estimate of drug-likeness (QED) is 0.677. The van der Waals surface area contributed by atoms with Crippen molar-refractivity contribution in [1.29, 1.82) is 0 Å². The van der Waals surface area contributed by atoms with Gasteiger partial charge in [0.05, 0.1) is 0 Å². The van der Waals surface area contributed by atoms with E-state index in [0.29, 0.717) is 18.4 Å². The fraction of sp³-hybridized carbons (Fsp3) is 0.929. The van der Waals surface area contributed by atoms with E-state index < -0.39 is 0 Å². The average Bonchev–Trinajstić information content (AvgIpc) is 2.38. The highest BCUT2D eigenvalue weighted by molar-refractivity contribution is 5.76. The molecule has 0 aliphatic carbocycles. The van der Waals surface area contributed by atoms with E-state index >= 15 is 0 Å². The number of carbonyl (C=O) groups excluding carboxylic acids is 1. The molecule has 1 amide bonds. The number of amides is 1. The molecule has 1 aliphatic rings. The van der Waals surface area contributed by atoms with Crippen molar-refractivity contribution in [3.8, 4) is 0 Å². The van der Waals surface area contributed by atoms with Gasteiger partial charge in [-0.15, -0.1) is 0 Å². The summed E-state index contributed by atoms with van der Waals surface area (Å²) < 4.78 is 0. The van der Waals surface area contributed by atoms with Crippen LogP contribution in [-0.2, 0) is 4.79 Å². The van der Waals surface area contributed by atoms with Gasteiger partial charge in [-0.2, -0.15) is 0 Å². The molecule has 0 aromatic rings. The molecule has 0 spiro atoms. The summed E-state index contributed by atoms with van der Waals surface area (Å²) in [6, 6.07) is 0.400. The van der Waals surface area contributed by atoms with Crippen LogP contribution in [0.2, 0.25) is 0 Å². The van der Waals surface area contributed by atoms with Crippen LogP contribution < -0.4 is 5.32 Å². The molecule has 4 heteroatoms. The lowest BCUT2D eigenvalue weighted by atomic mass is 9.90. The maximum Gasteiger partial charge on any atom is 0.222 e. The fourth-order valence-corrected chi connectivity index (χ4v) is 2.78. The Morgan fingerprint density at radius 3 is 2.78 bits per heavy atom. The first-order chi connectivity index (χ1) is 8.71. The first-order valence-corrected chi connectivity index (χ1v) is 7.33. The maximum absolute atomic E-state index is 11.9. The molecule has 2 atom stereocenters. The fourth-order valence-electron chi connectivity index (χ4n) is 2.78. The highest BCUT2D eigenvalue weighted by atomic mass is 16.3. The predicted octanol–water partition coefficient (Wildman–Crippen LogP) is 1.39. The maximum atomic E-state index is 11.9. The van der Waals surface area contributed by atoms with Gasteiger partial charge in [-0.3, -0.25) is 4.79 Å². The summed E-state index contributed by atoms with van der Waals surface area (Å²) in [6.45, 7) is 6.97. The van der Waals surface area contributed by atoms with E-state index in [1.165, 1.54) is 12.8 Å². The molecule has 4 nitrogen and oxygen atoms in total. The third-order valence-electron chi connectivity index (χ3n) is 3.66. The molecule has 0 aromatic heterocycles. The number of carbonyl (C=O) groups is 1. The minimum Gasteiger partial charge on any atom is -0.396 e. The highest BCUT2D eigenvalue weighted by Crippen LogP contribution is 2.21. The van der Waals surface area contributed by atoms with Crippen LogP contribution in [0.15, 0.2) is 0 Å². The van der Waals surface area contributed by atoms with Crippen molar-refractivity contribution in [2.45, 2.75) is 52.0 Å². The van der Waals surface area contributed by atoms with Crippen LogP contribution in [0.5, 0.6) is 0 Å². The van der Waals surface area contributed by atoms with Crippen LogP contribution >= 0.6 is 0 Å². The summed E-state index contributed by atoms with van der Waals surface area (Å²) in [4.78, 5) is 13.9. The number of nitrogens with zero attached hydrogens (tertiary/aromatic N) is 1. The standard InChI is InChI=1S/C14H28N2O2/c1-3-6-12-9-13(15-7-5-8-17)11-16(10-12)14(18)4-2/h12-13,15,17H,3-11H2,1-2H3. The van der Waals surface area contributed by atoms with Crippen LogP contribution in [-0.4, -0.2) is 48.2 Å². The Hall–Kier alpha value is -0.610. The number of aliphatic hydroxyl groups excluding tert-OH is 1. The Morgan fingerprint density at radius 2 is 2.17 bits per heavy atom. The number of piperidine rings is 1. The lowest BCUT2D eigenvalue weighted by Gasteiger charge is -2.38. The lowest BCUT2D eigenvalue weighted by Crippen LogP contribution is -2.51. The Kier molecular flexibility index (Phi) is 7.28. The van der Waals surface area contributed by atoms with E-state index in [-0.39, 0.29) is 12.5 Å². The van der Waals surface area contributed by atoms with Gasteiger partial charge >= 0.3 is 0 Å². The molecule has 0 aromatic carbocycles. The van der Waals surface area contributed by atoms with E-state index in [4.69, 9.17) is 5.11 Å². The van der Waals surface area contributed by atoms with Crippen LogP contribution in [0.4, 0.5) is 0 Å². The lowest BCUT2D eigenvalue weighted by molar-refractivity contribution is -0.133. The summed E-state index contributed by atoms with van der Waals surface area (Å²) in [5, 5.41) is 12.3. The molecule has 0 bridgehead atoms. The molecule has 18 heavy (non-hydrogen) atoms. The van der Waals surface area contributed by atoms with E-state index in [1.54, 1.807) is 0 Å². The van der Waals surface area contributed by atoms with Crippen molar-refractivity contribution < 1.29 is 9.90 Å². The topological polar surface area (TPSA) is 52.6 Å². The summed E-state index contributed by atoms with van der Waals surface area (Å²) in [6.07, 6.45) is 4.93. The van der Waals surface area contributed by atoms with Crippen LogP contribution in [0.1, 0.15) is 46.0 Å². The number of likely N-dealkylation sites (tertiary alicyclic amines) is 1. The molecule has 1 fully saturated rings. The van der Waals surface area contributed by atoms with Crippen molar-refractivity contribution in [2.75, 3.05) is 26.2 Å². The van der Waals surface area contributed by atoms with Crippen molar-refractivity contribution >= 4 is 5.91 Å². The normalized spacial score (nSPS) is 24.3. The summed E-state index contributed by atoms with van der Waals surface area (Å²) in [5.74, 6) is 0.899. The molecule has 2 unspecified atom stereocenters. The van der Waals surface area contributed by atoms with Gasteiger partial charge in [0.2, 0.25) is 5.91 Å². The first-order valence-electron chi connectivity index (χ1n) is 7.33. The minimum atomic E-state index is 0.232. The molecule has 2 N–H and O–H groups in total. The summed E-state index contributed by atoms with van der Waals surface area (Å²) in [5.41, 5.74) is 0. The predicted molar refractivity (Wildman–Crippen MR) is 73.4 cm³/mol. The Labute approximate surface area is 111 Å². The van der Waals surface area contributed by atoms with Gasteiger partial charge in [0.1, 0.15) is 0 Å². The molecule has 1 saturated heterocycles. The van der Waals surface area contributed by atoms with Crippen molar-refractivity contribution in [2.24, 2.45) is 5.92 Å². The Bertz CT molecular complexity index is 246. The van der Waals surface area contributed by atoms with Gasteiger partial charge in [-0.1, -0.05) is 20.3 Å². The Balaban J connectivity index is 2.48. The van der Waals surface area contributed by atoms with Crippen molar-refractivity contribution in [1.82, 2.24) is 10.2 Å². The van der Waals surface area contributed by atoms with Crippen molar-refractivity contribution in [3.05, 3.63) is 0 Å². The zero-order chi connectivity index (χ0) is 13.4. The third kappa shape index (κ3) is 4.94. The van der Waals surface area contributed by atoms with Crippen LogP contribution in [0, 0.1) is 5.92 Å². The second-order valence-electron chi connectivity index (χ2n) is 5.27. The van der Waals surface area contributed by atoms with Gasteiger partial charge in [0.15, 0.2) is 0 Å². The van der Waals surface area contributed by atoms with Gasteiger partial charge in [-0.05, 0) is 31.7 Å². The number of aliphatic hydroxyl groups is 1. The SMILES string of the molecule is CCCC1CC(NCCCO)CN(C(=O)CC)C1. The second kappa shape index (κ2) is 8.48. The molecule has 1 heterocycles. The molecular formula is C14H28N2O2. The van der Waals surface area contributed by atoms with Crippen LogP contribution in [0.3, 0.4) is 0 Å². The largest absolute Gasteiger partial charge is 0.396 e. The molecule has 0 saturated carbocycles. The second-order valence-corrected chi connectivity index (χ2v) is 5.27. The number of hydrogen-bond acceptors (Lipinski definition) is 3. The first kappa shape index (κ1) is 15.4. The molecule has 1 rings (SSSR count). The van der Waals surface area contributed by atoms with E-state index in [9.17, 15) is 4.79 Å². The highest BCUT2D eigenvalue weighted by Gasteiger charge is 2.28. The minimum absolute atomic E-state index is 0.232. The zero-order valence-corrected chi connectivity index (χ0v) is 11.8. The summed E-state index contributed by atoms with van der Waals surface area (Å²) in [7, 11) is 0.